The molecule has 0 saturated heterocycles. The van der Waals surface area contributed by atoms with E-state index in [2.05, 4.69) is 29.4 Å². The molecule has 2 aromatic heterocycles. The van der Waals surface area contributed by atoms with Crippen LogP contribution in [-0.4, -0.2) is 46.0 Å². The van der Waals surface area contributed by atoms with Crippen LogP contribution < -0.4 is 21.1 Å². The first-order valence-electron chi connectivity index (χ1n) is 14.0. The number of nitrogens with zero attached hydrogens (tertiary/aromatic N) is 2. The van der Waals surface area contributed by atoms with Crippen LogP contribution in [-0.2, 0) is 23.2 Å². The number of benzene rings is 1. The largest absolute Gasteiger partial charge is 0.471 e. The van der Waals surface area contributed by atoms with Gasteiger partial charge in [0, 0.05) is 18.7 Å². The van der Waals surface area contributed by atoms with Crippen molar-refractivity contribution in [2.75, 3.05) is 11.9 Å². The summed E-state index contributed by atoms with van der Waals surface area (Å²) < 4.78 is 31.5. The molecule has 0 radical (unpaired) electrons. The number of nitrogens with two attached hydrogens (primary N) is 1. The molecular weight excluding hydrogens is 548 g/mol. The Morgan fingerprint density at radius 3 is 2.17 bits per heavy atom. The molecule has 1 unspecified atom stereocenters. The molecule has 12 heteroatoms. The molecule has 1 aromatic carbocycles. The Kier molecular flexibility index (Phi) is 13.5. The van der Waals surface area contributed by atoms with E-state index in [1.807, 2.05) is 13.0 Å². The Morgan fingerprint density at radius 1 is 1.07 bits per heavy atom. The molecule has 0 fully saturated rings. The second-order valence-electron chi connectivity index (χ2n) is 9.94. The van der Waals surface area contributed by atoms with Gasteiger partial charge in [0.05, 0.1) is 5.52 Å². The Hall–Kier alpha value is -3.90. The number of fused-ring (bicyclic) bond motifs is 1. The van der Waals surface area contributed by atoms with Crippen LogP contribution in [0.5, 0.6) is 5.75 Å². The van der Waals surface area contributed by atoms with Crippen molar-refractivity contribution in [1.82, 2.24) is 14.9 Å². The number of aromatic nitrogens is 2. The highest BCUT2D eigenvalue weighted by atomic mass is 19.3. The molecule has 0 saturated carbocycles. The molecule has 3 aromatic rings. The quantitative estimate of drug-likeness (QED) is 0.228. The van der Waals surface area contributed by atoms with Crippen LogP contribution >= 0.6 is 0 Å². The molecular formula is C30H41F2N5O5. The van der Waals surface area contributed by atoms with Gasteiger partial charge < -0.3 is 19.9 Å². The fourth-order valence-corrected chi connectivity index (χ4v) is 4.38. The van der Waals surface area contributed by atoms with E-state index in [4.69, 9.17) is 15.5 Å². The van der Waals surface area contributed by atoms with Crippen molar-refractivity contribution in [3.05, 3.63) is 53.0 Å². The van der Waals surface area contributed by atoms with Gasteiger partial charge in [-0.3, -0.25) is 20.1 Å². The Morgan fingerprint density at radius 2 is 1.69 bits per heavy atom. The predicted octanol–water partition coefficient (Wildman–Crippen LogP) is 5.39. The predicted molar refractivity (Wildman–Crippen MR) is 158 cm³/mol. The van der Waals surface area contributed by atoms with Crippen molar-refractivity contribution < 1.29 is 33.0 Å². The summed E-state index contributed by atoms with van der Waals surface area (Å²) in [4.78, 5) is 43.6. The van der Waals surface area contributed by atoms with Crippen molar-refractivity contribution in [2.24, 2.45) is 12.8 Å². The summed E-state index contributed by atoms with van der Waals surface area (Å²) in [5, 5.41) is 5.97. The number of hydrogen-bond acceptors (Lipinski definition) is 7. The van der Waals surface area contributed by atoms with Gasteiger partial charge in [0.15, 0.2) is 17.2 Å². The summed E-state index contributed by atoms with van der Waals surface area (Å²) in [5.41, 5.74) is 8.50. The zero-order chi connectivity index (χ0) is 31.4. The molecule has 0 bridgehead atoms. The zero-order valence-electron chi connectivity index (χ0n) is 25.1. The van der Waals surface area contributed by atoms with Gasteiger partial charge in [-0.15, -0.1) is 0 Å². The molecule has 0 aliphatic rings. The number of carbonyl (C=O) groups is 3. The third-order valence-corrected chi connectivity index (χ3v) is 6.31. The van der Waals surface area contributed by atoms with Gasteiger partial charge in [0.2, 0.25) is 0 Å². The van der Waals surface area contributed by atoms with E-state index in [0.717, 1.165) is 31.2 Å². The SMILES string of the molecule is CC(=O)COF.CCCC(CCC)NC(=O)c1c(OC(C)N)c2nc(NC(=O)c3ccc(F)cc3)c(CC)cc2n1C. The van der Waals surface area contributed by atoms with E-state index in [1.165, 1.54) is 31.2 Å². The van der Waals surface area contributed by atoms with Crippen molar-refractivity contribution in [3.8, 4) is 5.75 Å². The standard InChI is InChI=1S/C27H36FN5O3.C3H5FO2/c1-6-9-20(10-7-2)30-27(35)23-24(36-16(4)29)22-21(33(23)5)15-17(8-3)25(31-22)32-26(34)18-11-13-19(28)14-12-18;1-3(5)2-6-4/h11-16,20H,6-10,29H2,1-5H3,(H,30,35)(H,31,32,34);2H2,1H3. The first-order valence-corrected chi connectivity index (χ1v) is 14.0. The minimum absolute atomic E-state index is 0.0541. The number of aryl methyl sites for hydroxylation is 2. The summed E-state index contributed by atoms with van der Waals surface area (Å²) in [6.07, 6.45) is 3.58. The molecule has 10 nitrogen and oxygen atoms in total. The number of nitrogens with one attached hydrogen (secondary N) is 2. The number of hydrogen-bond donors (Lipinski definition) is 3. The van der Waals surface area contributed by atoms with Gasteiger partial charge in [-0.2, -0.15) is 4.94 Å². The fourth-order valence-electron chi connectivity index (χ4n) is 4.38. The van der Waals surface area contributed by atoms with Crippen LogP contribution in [0.3, 0.4) is 0 Å². The molecule has 2 heterocycles. The zero-order valence-corrected chi connectivity index (χ0v) is 25.1. The van der Waals surface area contributed by atoms with Crippen LogP contribution in [0.15, 0.2) is 30.3 Å². The van der Waals surface area contributed by atoms with Gasteiger partial charge in [-0.1, -0.05) is 33.6 Å². The third kappa shape index (κ3) is 9.31. The molecule has 2 amide bonds. The summed E-state index contributed by atoms with van der Waals surface area (Å²) in [6, 6.07) is 7.23. The topological polar surface area (TPSA) is 138 Å². The number of ether oxygens (including phenoxy) is 1. The van der Waals surface area contributed by atoms with Crippen LogP contribution in [0.25, 0.3) is 11.0 Å². The van der Waals surface area contributed by atoms with Crippen molar-refractivity contribution in [3.63, 3.8) is 0 Å². The lowest BCUT2D eigenvalue weighted by Gasteiger charge is -2.18. The lowest BCUT2D eigenvalue weighted by atomic mass is 10.1. The van der Waals surface area contributed by atoms with Crippen molar-refractivity contribution in [2.45, 2.75) is 79.0 Å². The minimum atomic E-state index is -0.686. The van der Waals surface area contributed by atoms with E-state index < -0.39 is 24.6 Å². The van der Waals surface area contributed by atoms with E-state index in [9.17, 15) is 23.3 Å². The van der Waals surface area contributed by atoms with E-state index in [0.29, 0.717) is 34.5 Å². The highest BCUT2D eigenvalue weighted by Gasteiger charge is 2.27. The summed E-state index contributed by atoms with van der Waals surface area (Å²) in [5.74, 6) is -0.784. The number of amides is 2. The first-order chi connectivity index (χ1) is 20.0. The summed E-state index contributed by atoms with van der Waals surface area (Å²) in [7, 11) is 1.79. The fraction of sp³-hybridized carbons (Fsp3) is 0.467. The van der Waals surface area contributed by atoms with Gasteiger partial charge in [0.1, 0.15) is 30.0 Å². The van der Waals surface area contributed by atoms with Gasteiger partial charge >= 0.3 is 0 Å². The van der Waals surface area contributed by atoms with Crippen LogP contribution in [0, 0.1) is 5.82 Å². The Labute approximate surface area is 244 Å². The number of Topliss-reactive ketones (excluding diaryl/α,β-unsaturated/α-hetero) is 1. The Balaban J connectivity index is 0.000000928. The molecule has 0 spiro atoms. The van der Waals surface area contributed by atoms with E-state index >= 15 is 0 Å². The maximum absolute atomic E-state index is 13.4. The van der Waals surface area contributed by atoms with Crippen LogP contribution in [0.4, 0.5) is 14.7 Å². The van der Waals surface area contributed by atoms with Gasteiger partial charge in [-0.05, 0) is 73.5 Å². The van der Waals surface area contributed by atoms with Crippen LogP contribution in [0.2, 0.25) is 0 Å². The number of anilines is 1. The summed E-state index contributed by atoms with van der Waals surface area (Å²) in [6.45, 7) is 8.63. The van der Waals surface area contributed by atoms with Crippen molar-refractivity contribution >= 4 is 34.4 Å². The monoisotopic (exact) mass is 589 g/mol. The number of pyridine rings is 1. The number of carbonyl (C=O) groups excluding carboxylic acids is 3. The lowest BCUT2D eigenvalue weighted by Crippen LogP contribution is -2.36. The Bertz CT molecular complexity index is 1350. The molecule has 230 valence electrons. The van der Waals surface area contributed by atoms with Crippen molar-refractivity contribution in [1.29, 1.82) is 0 Å². The third-order valence-electron chi connectivity index (χ3n) is 6.31. The normalized spacial score (nSPS) is 11.6. The maximum atomic E-state index is 13.4. The van der Waals surface area contributed by atoms with E-state index in [-0.39, 0.29) is 23.5 Å². The lowest BCUT2D eigenvalue weighted by molar-refractivity contribution is -0.153. The highest BCUT2D eigenvalue weighted by molar-refractivity contribution is 6.06. The molecule has 4 N–H and O–H groups in total. The second kappa shape index (κ2) is 16.5. The highest BCUT2D eigenvalue weighted by Crippen LogP contribution is 2.35. The molecule has 0 aliphatic carbocycles. The van der Waals surface area contributed by atoms with Gasteiger partial charge in [0.25, 0.3) is 11.8 Å². The number of ketones is 1. The molecule has 0 aliphatic heterocycles. The molecule has 1 atom stereocenters. The number of rotatable bonds is 13. The average Bonchev–Trinajstić information content (AvgIpc) is 3.18. The van der Waals surface area contributed by atoms with Crippen LogP contribution in [0.1, 0.15) is 86.7 Å². The first kappa shape index (κ1) is 34.3. The van der Waals surface area contributed by atoms with Gasteiger partial charge in [-0.25, -0.2) is 9.37 Å². The number of halogens is 2. The average molecular weight is 590 g/mol. The minimum Gasteiger partial charge on any atom is -0.471 e. The molecule has 42 heavy (non-hydrogen) atoms. The molecule has 3 rings (SSSR count). The smallest absolute Gasteiger partial charge is 0.272 e. The summed E-state index contributed by atoms with van der Waals surface area (Å²) >= 11 is 0. The maximum Gasteiger partial charge on any atom is 0.272 e. The second-order valence-corrected chi connectivity index (χ2v) is 9.94. The van der Waals surface area contributed by atoms with E-state index in [1.54, 1.807) is 18.5 Å².